The summed E-state index contributed by atoms with van der Waals surface area (Å²) in [5.74, 6) is 0.954. The number of aromatic nitrogens is 1. The van der Waals surface area contributed by atoms with Crippen molar-refractivity contribution in [3.05, 3.63) is 16.1 Å². The molecule has 0 spiro atoms. The van der Waals surface area contributed by atoms with Gasteiger partial charge < -0.3 is 10.6 Å². The molecule has 0 aliphatic heterocycles. The summed E-state index contributed by atoms with van der Waals surface area (Å²) in [7, 11) is 0. The van der Waals surface area contributed by atoms with E-state index < -0.39 is 0 Å². The molecule has 4 nitrogen and oxygen atoms in total. The van der Waals surface area contributed by atoms with Crippen molar-refractivity contribution in [3.8, 4) is 0 Å². The van der Waals surface area contributed by atoms with E-state index in [1.165, 1.54) is 42.0 Å². The summed E-state index contributed by atoms with van der Waals surface area (Å²) < 4.78 is 0. The largest absolute Gasteiger partial charge is 0.357 e. The van der Waals surface area contributed by atoms with Crippen molar-refractivity contribution >= 4 is 17.3 Å². The Hall–Kier alpha value is -1.10. The number of rotatable bonds is 7. The molecule has 2 rings (SSSR count). The number of hydrogen-bond donors (Lipinski definition) is 2. The summed E-state index contributed by atoms with van der Waals surface area (Å²) in [6.07, 6.45) is 9.57. The Labute approximate surface area is 138 Å². The predicted octanol–water partition coefficient (Wildman–Crippen LogP) is 3.52. The monoisotopic (exact) mass is 322 g/mol. The Morgan fingerprint density at radius 2 is 2.09 bits per heavy atom. The van der Waals surface area contributed by atoms with Gasteiger partial charge in [0.1, 0.15) is 0 Å². The van der Waals surface area contributed by atoms with Gasteiger partial charge in [0.2, 0.25) is 0 Å². The minimum absolute atomic E-state index is 0.453. The molecule has 22 heavy (non-hydrogen) atoms. The van der Waals surface area contributed by atoms with Crippen LogP contribution in [-0.4, -0.2) is 30.6 Å². The van der Waals surface area contributed by atoms with Crippen LogP contribution in [0, 0.1) is 12.3 Å². The smallest absolute Gasteiger partial charge is 0.191 e. The van der Waals surface area contributed by atoms with Gasteiger partial charge in [0.05, 0.1) is 5.01 Å². The fraction of sp³-hybridized carbons (Fsp3) is 0.765. The minimum atomic E-state index is 0.453. The van der Waals surface area contributed by atoms with Crippen LogP contribution in [-0.2, 0) is 6.42 Å². The third kappa shape index (κ3) is 4.97. The van der Waals surface area contributed by atoms with Gasteiger partial charge in [-0.15, -0.1) is 11.3 Å². The van der Waals surface area contributed by atoms with Gasteiger partial charge in [-0.2, -0.15) is 0 Å². The fourth-order valence-corrected chi connectivity index (χ4v) is 3.93. The van der Waals surface area contributed by atoms with E-state index in [1.54, 1.807) is 11.3 Å². The molecule has 0 unspecified atom stereocenters. The lowest BCUT2D eigenvalue weighted by Gasteiger charge is -2.25. The highest BCUT2D eigenvalue weighted by atomic mass is 32.1. The highest BCUT2D eigenvalue weighted by molar-refractivity contribution is 7.11. The van der Waals surface area contributed by atoms with Gasteiger partial charge in [0.15, 0.2) is 5.96 Å². The molecule has 1 heterocycles. The van der Waals surface area contributed by atoms with Crippen molar-refractivity contribution in [1.82, 2.24) is 15.6 Å². The van der Waals surface area contributed by atoms with Gasteiger partial charge >= 0.3 is 0 Å². The standard InChI is InChI=1S/C17H30N4S/c1-4-17(9-6-7-10-17)13-21-16(18-5-2)19-11-8-15-20-12-14(3)22-15/h12H,4-11,13H2,1-3H3,(H2,18,19,21). The average Bonchev–Trinajstić information content (AvgIpc) is 3.15. The van der Waals surface area contributed by atoms with E-state index in [2.05, 4.69) is 36.4 Å². The molecule has 1 fully saturated rings. The Morgan fingerprint density at radius 1 is 1.32 bits per heavy atom. The first kappa shape index (κ1) is 17.3. The van der Waals surface area contributed by atoms with E-state index in [0.29, 0.717) is 5.41 Å². The molecule has 0 radical (unpaired) electrons. The summed E-state index contributed by atoms with van der Waals surface area (Å²) >= 11 is 1.78. The van der Waals surface area contributed by atoms with Gasteiger partial charge in [-0.1, -0.05) is 19.8 Å². The second kappa shape index (κ2) is 8.51. The molecule has 5 heteroatoms. The van der Waals surface area contributed by atoms with E-state index in [1.807, 2.05) is 6.20 Å². The molecule has 2 N–H and O–H groups in total. The second-order valence-corrected chi connectivity index (χ2v) is 7.62. The molecule has 0 atom stereocenters. The normalized spacial score (nSPS) is 17.7. The van der Waals surface area contributed by atoms with Gasteiger partial charge in [-0.3, -0.25) is 4.99 Å². The molecule has 1 aliphatic rings. The zero-order chi connectivity index (χ0) is 15.8. The third-order valence-electron chi connectivity index (χ3n) is 4.63. The molecular weight excluding hydrogens is 292 g/mol. The van der Waals surface area contributed by atoms with Crippen molar-refractivity contribution in [2.45, 2.75) is 59.3 Å². The van der Waals surface area contributed by atoms with Crippen molar-refractivity contribution in [3.63, 3.8) is 0 Å². The predicted molar refractivity (Wildman–Crippen MR) is 95.7 cm³/mol. The Morgan fingerprint density at radius 3 is 2.68 bits per heavy atom. The van der Waals surface area contributed by atoms with Crippen LogP contribution >= 0.6 is 11.3 Å². The van der Waals surface area contributed by atoms with Gasteiger partial charge in [0, 0.05) is 37.1 Å². The quantitative estimate of drug-likeness (QED) is 0.596. The molecular formula is C17H30N4S. The Bertz CT molecular complexity index is 475. The molecule has 1 aromatic rings. The third-order valence-corrected chi connectivity index (χ3v) is 5.60. The molecule has 0 aromatic carbocycles. The van der Waals surface area contributed by atoms with Gasteiger partial charge in [-0.25, -0.2) is 4.98 Å². The van der Waals surface area contributed by atoms with Crippen LogP contribution < -0.4 is 10.6 Å². The lowest BCUT2D eigenvalue weighted by atomic mass is 9.84. The number of nitrogens with zero attached hydrogens (tertiary/aromatic N) is 2. The molecule has 124 valence electrons. The van der Waals surface area contributed by atoms with Crippen molar-refractivity contribution in [1.29, 1.82) is 0 Å². The lowest BCUT2D eigenvalue weighted by Crippen LogP contribution is -2.39. The van der Waals surface area contributed by atoms with E-state index in [-0.39, 0.29) is 0 Å². The number of aliphatic imine (C=N–C) groups is 1. The molecule has 1 aromatic heterocycles. The first-order chi connectivity index (χ1) is 10.7. The van der Waals surface area contributed by atoms with E-state index in [0.717, 1.165) is 32.0 Å². The second-order valence-electron chi connectivity index (χ2n) is 6.30. The van der Waals surface area contributed by atoms with Gasteiger partial charge in [0.25, 0.3) is 0 Å². The van der Waals surface area contributed by atoms with Crippen LogP contribution in [0.1, 0.15) is 55.8 Å². The number of nitrogens with one attached hydrogen (secondary N) is 2. The SMILES string of the molecule is CCNC(=NCC1(CC)CCCC1)NCCc1ncc(C)s1. The van der Waals surface area contributed by atoms with Gasteiger partial charge in [-0.05, 0) is 38.5 Å². The first-order valence-electron chi connectivity index (χ1n) is 8.61. The van der Waals surface area contributed by atoms with E-state index in [4.69, 9.17) is 4.99 Å². The highest BCUT2D eigenvalue weighted by Crippen LogP contribution is 2.41. The lowest BCUT2D eigenvalue weighted by molar-refractivity contribution is 0.297. The van der Waals surface area contributed by atoms with Crippen LogP contribution in [0.2, 0.25) is 0 Å². The summed E-state index contributed by atoms with van der Waals surface area (Å²) in [5.41, 5.74) is 0.453. The molecule has 0 saturated heterocycles. The maximum Gasteiger partial charge on any atom is 0.191 e. The first-order valence-corrected chi connectivity index (χ1v) is 9.42. The van der Waals surface area contributed by atoms with E-state index in [9.17, 15) is 0 Å². The molecule has 1 saturated carbocycles. The fourth-order valence-electron chi connectivity index (χ4n) is 3.14. The summed E-state index contributed by atoms with van der Waals surface area (Å²) in [4.78, 5) is 10.5. The van der Waals surface area contributed by atoms with E-state index >= 15 is 0 Å². The van der Waals surface area contributed by atoms with Crippen LogP contribution in [0.25, 0.3) is 0 Å². The van der Waals surface area contributed by atoms with Crippen molar-refractivity contribution in [2.75, 3.05) is 19.6 Å². The van der Waals surface area contributed by atoms with Crippen LogP contribution in [0.15, 0.2) is 11.2 Å². The Kier molecular flexibility index (Phi) is 6.68. The van der Waals surface area contributed by atoms with Crippen molar-refractivity contribution in [2.24, 2.45) is 10.4 Å². The zero-order valence-electron chi connectivity index (χ0n) is 14.2. The topological polar surface area (TPSA) is 49.3 Å². The molecule has 1 aliphatic carbocycles. The maximum atomic E-state index is 4.85. The Balaban J connectivity index is 1.84. The number of hydrogen-bond acceptors (Lipinski definition) is 3. The van der Waals surface area contributed by atoms with Crippen LogP contribution in [0.5, 0.6) is 0 Å². The number of aryl methyl sites for hydroxylation is 1. The molecule has 0 bridgehead atoms. The number of guanidine groups is 1. The maximum absolute atomic E-state index is 4.85. The van der Waals surface area contributed by atoms with Crippen LogP contribution in [0.3, 0.4) is 0 Å². The highest BCUT2D eigenvalue weighted by Gasteiger charge is 2.31. The number of thiazole rings is 1. The molecule has 0 amide bonds. The summed E-state index contributed by atoms with van der Waals surface area (Å²) in [6, 6.07) is 0. The average molecular weight is 323 g/mol. The minimum Gasteiger partial charge on any atom is -0.357 e. The summed E-state index contributed by atoms with van der Waals surface area (Å²) in [6.45, 7) is 9.28. The summed E-state index contributed by atoms with van der Waals surface area (Å²) in [5, 5.41) is 8.01. The zero-order valence-corrected chi connectivity index (χ0v) is 15.1. The van der Waals surface area contributed by atoms with Crippen LogP contribution in [0.4, 0.5) is 0 Å². The van der Waals surface area contributed by atoms with Crippen molar-refractivity contribution < 1.29 is 0 Å².